The number of oxazole rings is 1. The van der Waals surface area contributed by atoms with Crippen LogP contribution in [0.2, 0.25) is 0 Å². The van der Waals surface area contributed by atoms with Crippen LogP contribution in [0, 0.1) is 11.3 Å². The van der Waals surface area contributed by atoms with E-state index >= 15 is 0 Å². The number of fused-ring (bicyclic) bond motifs is 1. The summed E-state index contributed by atoms with van der Waals surface area (Å²) < 4.78 is 5.91. The number of nitriles is 1. The fourth-order valence-corrected chi connectivity index (χ4v) is 3.56. The van der Waals surface area contributed by atoms with Crippen molar-refractivity contribution in [2.24, 2.45) is 0 Å². The topological polar surface area (TPSA) is 53.1 Å². The van der Waals surface area contributed by atoms with Crippen molar-refractivity contribution in [3.63, 3.8) is 0 Å². The first-order valence-electron chi connectivity index (χ1n) is 8.87. The van der Waals surface area contributed by atoms with Gasteiger partial charge in [-0.15, -0.1) is 0 Å². The summed E-state index contributed by atoms with van der Waals surface area (Å²) in [5, 5.41) is 8.91. The van der Waals surface area contributed by atoms with E-state index in [1.54, 1.807) is 0 Å². The van der Waals surface area contributed by atoms with Crippen molar-refractivity contribution in [1.82, 2.24) is 9.88 Å². The number of likely N-dealkylation sites (tertiary alicyclic amines) is 1. The van der Waals surface area contributed by atoms with E-state index in [0.29, 0.717) is 11.6 Å². The quantitative estimate of drug-likeness (QED) is 0.711. The highest BCUT2D eigenvalue weighted by atomic mass is 16.3. The summed E-state index contributed by atoms with van der Waals surface area (Å²) in [4.78, 5) is 7.18. The molecular formula is C21H21N3O. The van der Waals surface area contributed by atoms with Gasteiger partial charge in [-0.05, 0) is 61.7 Å². The first kappa shape index (κ1) is 15.9. The third-order valence-corrected chi connectivity index (χ3v) is 5.08. The Bertz CT molecular complexity index is 920. The molecule has 25 heavy (non-hydrogen) atoms. The molecule has 1 atom stereocenters. The summed E-state index contributed by atoms with van der Waals surface area (Å²) >= 11 is 0. The molecular weight excluding hydrogens is 310 g/mol. The van der Waals surface area contributed by atoms with Crippen molar-refractivity contribution in [3.8, 4) is 17.2 Å². The van der Waals surface area contributed by atoms with E-state index in [2.05, 4.69) is 28.9 Å². The standard InChI is InChI=1S/C21H21N3O/c1-15-3-2-11-24(15)12-10-21-23-19-13-18(8-9-20(19)25-21)17-6-4-16(14-22)5-7-17/h4-9,13,15H,2-3,10-12H2,1H3/t15-/m0/s1. The second-order valence-corrected chi connectivity index (χ2v) is 6.76. The van der Waals surface area contributed by atoms with Crippen LogP contribution >= 0.6 is 0 Å². The second kappa shape index (κ2) is 6.70. The van der Waals surface area contributed by atoms with Gasteiger partial charge in [0.2, 0.25) is 0 Å². The van der Waals surface area contributed by atoms with Crippen LogP contribution in [-0.4, -0.2) is 29.0 Å². The number of nitrogens with zero attached hydrogens (tertiary/aromatic N) is 3. The van der Waals surface area contributed by atoms with E-state index in [1.165, 1.54) is 19.4 Å². The molecule has 3 aromatic rings. The highest BCUT2D eigenvalue weighted by molar-refractivity contribution is 5.80. The minimum Gasteiger partial charge on any atom is -0.441 e. The molecule has 0 aliphatic carbocycles. The molecule has 0 unspecified atom stereocenters. The monoisotopic (exact) mass is 331 g/mol. The molecule has 1 fully saturated rings. The molecule has 4 heteroatoms. The van der Waals surface area contributed by atoms with Crippen molar-refractivity contribution < 1.29 is 4.42 Å². The lowest BCUT2D eigenvalue weighted by atomic mass is 10.0. The summed E-state index contributed by atoms with van der Waals surface area (Å²) in [5.74, 6) is 0.811. The summed E-state index contributed by atoms with van der Waals surface area (Å²) in [6, 6.07) is 16.5. The van der Waals surface area contributed by atoms with E-state index in [0.717, 1.165) is 41.1 Å². The number of rotatable bonds is 4. The van der Waals surface area contributed by atoms with Gasteiger partial charge in [0.1, 0.15) is 5.52 Å². The largest absolute Gasteiger partial charge is 0.441 e. The lowest BCUT2D eigenvalue weighted by Gasteiger charge is -2.19. The molecule has 1 aliphatic heterocycles. The molecule has 0 radical (unpaired) electrons. The van der Waals surface area contributed by atoms with Crippen molar-refractivity contribution in [1.29, 1.82) is 5.26 Å². The highest BCUT2D eigenvalue weighted by Gasteiger charge is 2.20. The smallest absolute Gasteiger partial charge is 0.196 e. The number of aromatic nitrogens is 1. The maximum absolute atomic E-state index is 8.91. The van der Waals surface area contributed by atoms with Crippen LogP contribution in [0.4, 0.5) is 0 Å². The van der Waals surface area contributed by atoms with Crippen LogP contribution < -0.4 is 0 Å². The van der Waals surface area contributed by atoms with E-state index in [-0.39, 0.29) is 0 Å². The lowest BCUT2D eigenvalue weighted by molar-refractivity contribution is 0.265. The average Bonchev–Trinajstić information content (AvgIpc) is 3.24. The van der Waals surface area contributed by atoms with Crippen molar-refractivity contribution in [2.75, 3.05) is 13.1 Å². The van der Waals surface area contributed by atoms with Crippen LogP contribution in [0.25, 0.3) is 22.2 Å². The van der Waals surface area contributed by atoms with E-state index < -0.39 is 0 Å². The van der Waals surface area contributed by atoms with Crippen molar-refractivity contribution in [2.45, 2.75) is 32.2 Å². The fraction of sp³-hybridized carbons (Fsp3) is 0.333. The Morgan fingerprint density at radius 1 is 1.20 bits per heavy atom. The maximum Gasteiger partial charge on any atom is 0.196 e. The van der Waals surface area contributed by atoms with Crippen molar-refractivity contribution in [3.05, 3.63) is 53.9 Å². The normalized spacial score (nSPS) is 17.8. The zero-order valence-electron chi connectivity index (χ0n) is 14.4. The van der Waals surface area contributed by atoms with Gasteiger partial charge in [0.15, 0.2) is 11.5 Å². The predicted molar refractivity (Wildman–Crippen MR) is 98.1 cm³/mol. The SMILES string of the molecule is C[C@H]1CCCN1CCc1nc2cc(-c3ccc(C#N)cc3)ccc2o1. The molecule has 4 rings (SSSR count). The maximum atomic E-state index is 8.91. The van der Waals surface area contributed by atoms with Gasteiger partial charge in [0, 0.05) is 19.0 Å². The molecule has 1 saturated heterocycles. The van der Waals surface area contributed by atoms with E-state index in [4.69, 9.17) is 9.68 Å². The van der Waals surface area contributed by atoms with Crippen molar-refractivity contribution >= 4 is 11.1 Å². The molecule has 1 aliphatic rings. The second-order valence-electron chi connectivity index (χ2n) is 6.76. The van der Waals surface area contributed by atoms with Gasteiger partial charge in [0.05, 0.1) is 11.6 Å². The van der Waals surface area contributed by atoms with Crippen LogP contribution in [0.3, 0.4) is 0 Å². The Hall–Kier alpha value is -2.64. The van der Waals surface area contributed by atoms with Crippen LogP contribution in [0.5, 0.6) is 0 Å². The number of hydrogen-bond donors (Lipinski definition) is 0. The lowest BCUT2D eigenvalue weighted by Crippen LogP contribution is -2.29. The summed E-state index contributed by atoms with van der Waals surface area (Å²) in [7, 11) is 0. The molecule has 0 amide bonds. The van der Waals surface area contributed by atoms with Gasteiger partial charge < -0.3 is 9.32 Å². The molecule has 1 aromatic heterocycles. The molecule has 0 spiro atoms. The van der Waals surface area contributed by atoms with Gasteiger partial charge in [-0.2, -0.15) is 5.26 Å². The first-order valence-corrected chi connectivity index (χ1v) is 8.87. The van der Waals surface area contributed by atoms with Crippen LogP contribution in [0.15, 0.2) is 46.9 Å². The zero-order valence-corrected chi connectivity index (χ0v) is 14.4. The number of benzene rings is 2. The summed E-state index contributed by atoms with van der Waals surface area (Å²) in [6.07, 6.45) is 3.44. The minimum absolute atomic E-state index is 0.671. The molecule has 0 saturated carbocycles. The summed E-state index contributed by atoms with van der Waals surface area (Å²) in [6.45, 7) is 4.49. The highest BCUT2D eigenvalue weighted by Crippen LogP contribution is 2.25. The fourth-order valence-electron chi connectivity index (χ4n) is 3.56. The molecule has 2 aromatic carbocycles. The number of hydrogen-bond acceptors (Lipinski definition) is 4. The predicted octanol–water partition coefficient (Wildman–Crippen LogP) is 4.39. The Morgan fingerprint density at radius 3 is 2.72 bits per heavy atom. The van der Waals surface area contributed by atoms with Gasteiger partial charge in [0.25, 0.3) is 0 Å². The van der Waals surface area contributed by atoms with E-state index in [9.17, 15) is 0 Å². The minimum atomic E-state index is 0.671. The average molecular weight is 331 g/mol. The Labute approximate surface area is 147 Å². The molecule has 4 nitrogen and oxygen atoms in total. The molecule has 2 heterocycles. The zero-order chi connectivity index (χ0) is 17.2. The van der Waals surface area contributed by atoms with Crippen LogP contribution in [-0.2, 0) is 6.42 Å². The van der Waals surface area contributed by atoms with Gasteiger partial charge in [-0.1, -0.05) is 18.2 Å². The van der Waals surface area contributed by atoms with Gasteiger partial charge in [-0.3, -0.25) is 0 Å². The van der Waals surface area contributed by atoms with Gasteiger partial charge in [-0.25, -0.2) is 4.98 Å². The third-order valence-electron chi connectivity index (χ3n) is 5.08. The Balaban J connectivity index is 1.53. The van der Waals surface area contributed by atoms with Crippen LogP contribution in [0.1, 0.15) is 31.2 Å². The Morgan fingerprint density at radius 2 is 2.00 bits per heavy atom. The van der Waals surface area contributed by atoms with Gasteiger partial charge >= 0.3 is 0 Å². The Kier molecular flexibility index (Phi) is 4.25. The van der Waals surface area contributed by atoms with E-state index in [1.807, 2.05) is 36.4 Å². The molecule has 0 N–H and O–H groups in total. The summed E-state index contributed by atoms with van der Waals surface area (Å²) in [5.41, 5.74) is 4.57. The third kappa shape index (κ3) is 3.29. The molecule has 126 valence electrons. The molecule has 0 bridgehead atoms. The first-order chi connectivity index (χ1) is 12.2.